The van der Waals surface area contributed by atoms with Crippen LogP contribution in [0.5, 0.6) is 0 Å². The van der Waals surface area contributed by atoms with Gasteiger partial charge in [0.05, 0.1) is 10.4 Å². The van der Waals surface area contributed by atoms with Crippen LogP contribution in [0.2, 0.25) is 0 Å². The van der Waals surface area contributed by atoms with Crippen molar-refractivity contribution in [2.45, 2.75) is 19.1 Å². The van der Waals surface area contributed by atoms with Gasteiger partial charge in [0.15, 0.2) is 0 Å². The molecule has 2 atom stereocenters. The molecule has 1 saturated heterocycles. The summed E-state index contributed by atoms with van der Waals surface area (Å²) in [5, 5.41) is 2.65. The lowest BCUT2D eigenvalue weighted by Gasteiger charge is -2.34. The van der Waals surface area contributed by atoms with Crippen molar-refractivity contribution in [2.75, 3.05) is 0 Å². The summed E-state index contributed by atoms with van der Waals surface area (Å²) in [6.45, 7) is 1.29. The van der Waals surface area contributed by atoms with Crippen molar-refractivity contribution in [2.24, 2.45) is 0 Å². The number of nitrogens with one attached hydrogen (secondary N) is 1. The van der Waals surface area contributed by atoms with Gasteiger partial charge >= 0.3 is 5.97 Å². The van der Waals surface area contributed by atoms with Gasteiger partial charge in [-0.1, -0.05) is 0 Å². The molecule has 2 heterocycles. The van der Waals surface area contributed by atoms with E-state index in [1.54, 1.807) is 11.7 Å². The molecule has 1 fully saturated rings. The highest BCUT2D eigenvalue weighted by molar-refractivity contribution is 7.09. The van der Waals surface area contributed by atoms with Crippen LogP contribution in [0.3, 0.4) is 0 Å². The van der Waals surface area contributed by atoms with Crippen molar-refractivity contribution in [1.82, 2.24) is 10.3 Å². The first-order valence-electron chi connectivity index (χ1n) is 4.04. The third-order valence-electron chi connectivity index (χ3n) is 1.91. The van der Waals surface area contributed by atoms with Gasteiger partial charge in [-0.15, -0.1) is 11.3 Å². The molecule has 0 bridgehead atoms. The zero-order valence-corrected chi connectivity index (χ0v) is 8.21. The van der Waals surface area contributed by atoms with Crippen LogP contribution in [0.1, 0.15) is 17.8 Å². The van der Waals surface area contributed by atoms with Crippen LogP contribution < -0.4 is 5.32 Å². The third kappa shape index (κ3) is 1.48. The molecule has 1 aromatic heterocycles. The van der Waals surface area contributed by atoms with E-state index >= 15 is 0 Å². The SMILES string of the molecule is CC(=O)O[C@H]1C(=O)N[C@H]1c1cncs1. The van der Waals surface area contributed by atoms with Gasteiger partial charge < -0.3 is 10.1 Å². The number of esters is 1. The zero-order valence-electron chi connectivity index (χ0n) is 7.39. The van der Waals surface area contributed by atoms with Crippen LogP contribution in [0.15, 0.2) is 11.7 Å². The molecule has 5 nitrogen and oxygen atoms in total. The molecule has 1 amide bonds. The number of carbonyl (C=O) groups excluding carboxylic acids is 2. The van der Waals surface area contributed by atoms with Gasteiger partial charge in [-0.05, 0) is 0 Å². The van der Waals surface area contributed by atoms with Crippen molar-refractivity contribution in [3.05, 3.63) is 16.6 Å². The number of carbonyl (C=O) groups is 2. The number of nitrogens with zero attached hydrogens (tertiary/aromatic N) is 1. The van der Waals surface area contributed by atoms with Crippen molar-refractivity contribution >= 4 is 23.2 Å². The van der Waals surface area contributed by atoms with Gasteiger partial charge in [-0.3, -0.25) is 14.6 Å². The molecule has 1 aliphatic rings. The summed E-state index contributed by atoms with van der Waals surface area (Å²) in [6.07, 6.45) is 0.971. The Morgan fingerprint density at radius 2 is 2.50 bits per heavy atom. The Morgan fingerprint density at radius 3 is 3.00 bits per heavy atom. The average Bonchev–Trinajstić information content (AvgIpc) is 2.62. The van der Waals surface area contributed by atoms with Crippen molar-refractivity contribution in [3.8, 4) is 0 Å². The van der Waals surface area contributed by atoms with Crippen molar-refractivity contribution in [3.63, 3.8) is 0 Å². The first-order valence-corrected chi connectivity index (χ1v) is 4.92. The maximum atomic E-state index is 11.1. The van der Waals surface area contributed by atoms with E-state index in [2.05, 4.69) is 10.3 Å². The lowest BCUT2D eigenvalue weighted by Crippen LogP contribution is -2.57. The standard InChI is InChI=1S/C8H8N2O3S/c1-4(11)13-7-6(10-8(7)12)5-2-9-3-14-5/h2-3,6-7H,1H3,(H,10,12)/t6-,7+/m0/s1. The number of rotatable bonds is 2. The quantitative estimate of drug-likeness (QED) is 0.563. The predicted molar refractivity (Wildman–Crippen MR) is 48.6 cm³/mol. The van der Waals surface area contributed by atoms with E-state index in [0.29, 0.717) is 0 Å². The molecular formula is C8H8N2O3S. The van der Waals surface area contributed by atoms with Gasteiger partial charge in [-0.25, -0.2) is 0 Å². The van der Waals surface area contributed by atoms with E-state index in [-0.39, 0.29) is 11.9 Å². The highest BCUT2D eigenvalue weighted by atomic mass is 32.1. The maximum Gasteiger partial charge on any atom is 0.303 e. The molecular weight excluding hydrogens is 204 g/mol. The monoisotopic (exact) mass is 212 g/mol. The molecule has 0 unspecified atom stereocenters. The number of amides is 1. The number of ether oxygens (including phenoxy) is 1. The Balaban J connectivity index is 2.08. The first-order chi connectivity index (χ1) is 6.68. The summed E-state index contributed by atoms with van der Waals surface area (Å²) in [5.74, 6) is -0.696. The van der Waals surface area contributed by atoms with E-state index in [4.69, 9.17) is 4.74 Å². The Hall–Kier alpha value is -1.43. The fourth-order valence-corrected chi connectivity index (χ4v) is 1.96. The molecule has 74 valence electrons. The molecule has 6 heteroatoms. The fourth-order valence-electron chi connectivity index (χ4n) is 1.27. The van der Waals surface area contributed by atoms with Crippen LogP contribution in [0.25, 0.3) is 0 Å². The molecule has 14 heavy (non-hydrogen) atoms. The van der Waals surface area contributed by atoms with Gasteiger partial charge in [0.2, 0.25) is 6.10 Å². The Labute approximate surface area is 84.1 Å². The van der Waals surface area contributed by atoms with Gasteiger partial charge in [-0.2, -0.15) is 0 Å². The fraction of sp³-hybridized carbons (Fsp3) is 0.375. The van der Waals surface area contributed by atoms with Gasteiger partial charge in [0, 0.05) is 13.1 Å². The topological polar surface area (TPSA) is 68.3 Å². The molecule has 0 radical (unpaired) electrons. The van der Waals surface area contributed by atoms with Crippen LogP contribution in [0.4, 0.5) is 0 Å². The minimum Gasteiger partial charge on any atom is -0.450 e. The van der Waals surface area contributed by atoms with Crippen molar-refractivity contribution in [1.29, 1.82) is 0 Å². The predicted octanol–water partition coefficient (Wildman–Crippen LogP) is 0.246. The summed E-state index contributed by atoms with van der Waals surface area (Å²) in [4.78, 5) is 26.6. The Morgan fingerprint density at radius 1 is 1.71 bits per heavy atom. The van der Waals surface area contributed by atoms with Crippen LogP contribution >= 0.6 is 11.3 Å². The van der Waals surface area contributed by atoms with Gasteiger partial charge in [0.25, 0.3) is 5.91 Å². The first kappa shape index (κ1) is 9.14. The lowest BCUT2D eigenvalue weighted by molar-refractivity contribution is -0.164. The molecule has 1 aliphatic heterocycles. The largest absolute Gasteiger partial charge is 0.450 e. The summed E-state index contributed by atoms with van der Waals surface area (Å²) >= 11 is 1.42. The Kier molecular flexibility index (Phi) is 2.20. The summed E-state index contributed by atoms with van der Waals surface area (Å²) in [7, 11) is 0. The second kappa shape index (κ2) is 3.38. The van der Waals surface area contributed by atoms with Crippen molar-refractivity contribution < 1.29 is 14.3 Å². The van der Waals surface area contributed by atoms with E-state index in [0.717, 1.165) is 4.88 Å². The minimum atomic E-state index is -0.687. The molecule has 0 aliphatic carbocycles. The second-order valence-corrected chi connectivity index (χ2v) is 3.84. The second-order valence-electron chi connectivity index (χ2n) is 2.92. The molecule has 0 spiro atoms. The minimum absolute atomic E-state index is 0.223. The number of aromatic nitrogens is 1. The van der Waals surface area contributed by atoms with Crippen LogP contribution in [-0.2, 0) is 14.3 Å². The summed E-state index contributed by atoms with van der Waals surface area (Å²) in [5.41, 5.74) is 1.67. The number of β-lactam (4-membered cyclic amide) rings is 1. The lowest BCUT2D eigenvalue weighted by atomic mass is 10.0. The summed E-state index contributed by atoms with van der Waals surface area (Å²) in [6, 6.07) is -0.223. The molecule has 0 aromatic carbocycles. The smallest absolute Gasteiger partial charge is 0.303 e. The van der Waals surface area contributed by atoms with Crippen LogP contribution in [-0.4, -0.2) is 23.0 Å². The molecule has 1 aromatic rings. The molecule has 0 saturated carbocycles. The Bertz CT molecular complexity index is 363. The molecule has 1 N–H and O–H groups in total. The number of hydrogen-bond donors (Lipinski definition) is 1. The summed E-state index contributed by atoms with van der Waals surface area (Å²) < 4.78 is 4.86. The highest BCUT2D eigenvalue weighted by Gasteiger charge is 2.43. The number of thiazole rings is 1. The van der Waals surface area contributed by atoms with E-state index in [1.165, 1.54) is 18.3 Å². The van der Waals surface area contributed by atoms with Gasteiger partial charge in [0.1, 0.15) is 6.04 Å². The third-order valence-corrected chi connectivity index (χ3v) is 2.77. The molecule has 2 rings (SSSR count). The normalized spacial score (nSPS) is 25.1. The van der Waals surface area contributed by atoms with E-state index in [1.807, 2.05) is 0 Å². The van der Waals surface area contributed by atoms with Crippen LogP contribution in [0, 0.1) is 0 Å². The highest BCUT2D eigenvalue weighted by Crippen LogP contribution is 2.29. The van der Waals surface area contributed by atoms with E-state index < -0.39 is 12.1 Å². The zero-order chi connectivity index (χ0) is 10.1. The average molecular weight is 212 g/mol. The maximum absolute atomic E-state index is 11.1. The van der Waals surface area contributed by atoms with E-state index in [9.17, 15) is 9.59 Å². The number of hydrogen-bond acceptors (Lipinski definition) is 5.